The van der Waals surface area contributed by atoms with Gasteiger partial charge in [0.1, 0.15) is 0 Å². The Morgan fingerprint density at radius 1 is 1.10 bits per heavy atom. The summed E-state index contributed by atoms with van der Waals surface area (Å²) in [6, 6.07) is 4.17. The SMILES string of the molecule is CCN(CC)CCCN(CC)c1ccc(C(C)N)nc1. The Balaban J connectivity index is 2.53. The molecular weight excluding hydrogens is 248 g/mol. The first kappa shape index (κ1) is 16.9. The van der Waals surface area contributed by atoms with Gasteiger partial charge in [-0.05, 0) is 52.0 Å². The number of hydrogen-bond donors (Lipinski definition) is 1. The van der Waals surface area contributed by atoms with Gasteiger partial charge in [-0.25, -0.2) is 0 Å². The molecule has 0 amide bonds. The predicted molar refractivity (Wildman–Crippen MR) is 87.1 cm³/mol. The molecule has 4 nitrogen and oxygen atoms in total. The molecule has 0 saturated heterocycles. The quantitative estimate of drug-likeness (QED) is 0.754. The summed E-state index contributed by atoms with van der Waals surface area (Å²) < 4.78 is 0. The highest BCUT2D eigenvalue weighted by molar-refractivity contribution is 5.44. The van der Waals surface area contributed by atoms with Crippen LogP contribution in [-0.2, 0) is 0 Å². The van der Waals surface area contributed by atoms with E-state index in [0.29, 0.717) is 0 Å². The van der Waals surface area contributed by atoms with Gasteiger partial charge in [-0.1, -0.05) is 13.8 Å². The Kier molecular flexibility index (Phi) is 7.55. The van der Waals surface area contributed by atoms with Crippen molar-refractivity contribution in [3.8, 4) is 0 Å². The van der Waals surface area contributed by atoms with Crippen molar-refractivity contribution in [3.63, 3.8) is 0 Å². The average molecular weight is 278 g/mol. The van der Waals surface area contributed by atoms with Crippen molar-refractivity contribution < 1.29 is 0 Å². The summed E-state index contributed by atoms with van der Waals surface area (Å²) in [7, 11) is 0. The summed E-state index contributed by atoms with van der Waals surface area (Å²) in [4.78, 5) is 9.29. The van der Waals surface area contributed by atoms with Crippen molar-refractivity contribution in [1.29, 1.82) is 0 Å². The van der Waals surface area contributed by atoms with Gasteiger partial charge in [0.25, 0.3) is 0 Å². The zero-order valence-corrected chi connectivity index (χ0v) is 13.5. The van der Waals surface area contributed by atoms with Crippen molar-refractivity contribution in [1.82, 2.24) is 9.88 Å². The number of nitrogens with two attached hydrogens (primary N) is 1. The molecule has 0 spiro atoms. The molecule has 0 fully saturated rings. The fraction of sp³-hybridized carbons (Fsp3) is 0.688. The minimum atomic E-state index is 0.00166. The molecule has 1 aromatic rings. The van der Waals surface area contributed by atoms with Crippen molar-refractivity contribution in [3.05, 3.63) is 24.0 Å². The molecule has 0 aromatic carbocycles. The Morgan fingerprint density at radius 3 is 2.25 bits per heavy atom. The van der Waals surface area contributed by atoms with Crippen molar-refractivity contribution >= 4 is 5.69 Å². The van der Waals surface area contributed by atoms with Crippen LogP contribution in [0.5, 0.6) is 0 Å². The molecule has 114 valence electrons. The summed E-state index contributed by atoms with van der Waals surface area (Å²) >= 11 is 0. The first-order chi connectivity index (χ1) is 9.62. The highest BCUT2D eigenvalue weighted by atomic mass is 15.1. The van der Waals surface area contributed by atoms with E-state index in [9.17, 15) is 0 Å². The molecule has 0 aliphatic carbocycles. The average Bonchev–Trinajstić information content (AvgIpc) is 2.48. The van der Waals surface area contributed by atoms with E-state index in [2.05, 4.69) is 41.6 Å². The van der Waals surface area contributed by atoms with E-state index >= 15 is 0 Å². The van der Waals surface area contributed by atoms with Gasteiger partial charge < -0.3 is 15.5 Å². The first-order valence-electron chi connectivity index (χ1n) is 7.81. The van der Waals surface area contributed by atoms with Crippen LogP contribution in [0.15, 0.2) is 18.3 Å². The van der Waals surface area contributed by atoms with E-state index in [0.717, 1.165) is 38.4 Å². The summed E-state index contributed by atoms with van der Waals surface area (Å²) in [6.45, 7) is 14.1. The van der Waals surface area contributed by atoms with E-state index in [1.54, 1.807) is 0 Å². The van der Waals surface area contributed by atoms with Crippen LogP contribution in [0.3, 0.4) is 0 Å². The molecule has 0 bridgehead atoms. The maximum atomic E-state index is 5.83. The van der Waals surface area contributed by atoms with Gasteiger partial charge in [0.2, 0.25) is 0 Å². The molecule has 1 rings (SSSR count). The number of hydrogen-bond acceptors (Lipinski definition) is 4. The lowest BCUT2D eigenvalue weighted by molar-refractivity contribution is 0.301. The van der Waals surface area contributed by atoms with Gasteiger partial charge in [0.05, 0.1) is 17.6 Å². The van der Waals surface area contributed by atoms with Gasteiger partial charge in [-0.3, -0.25) is 4.98 Å². The lowest BCUT2D eigenvalue weighted by Gasteiger charge is -2.25. The number of anilines is 1. The Hall–Kier alpha value is -1.13. The molecular formula is C16H30N4. The van der Waals surface area contributed by atoms with E-state index in [1.165, 1.54) is 12.1 Å². The smallest absolute Gasteiger partial charge is 0.0569 e. The Morgan fingerprint density at radius 2 is 1.80 bits per heavy atom. The van der Waals surface area contributed by atoms with Crippen LogP contribution in [0.1, 0.15) is 45.9 Å². The molecule has 1 heterocycles. The third-order valence-corrected chi connectivity index (χ3v) is 3.78. The highest BCUT2D eigenvalue weighted by Gasteiger charge is 2.07. The zero-order chi connectivity index (χ0) is 15.0. The van der Waals surface area contributed by atoms with E-state index in [4.69, 9.17) is 5.73 Å². The third kappa shape index (κ3) is 5.10. The fourth-order valence-electron chi connectivity index (χ4n) is 2.35. The van der Waals surface area contributed by atoms with E-state index in [1.807, 2.05) is 19.2 Å². The lowest BCUT2D eigenvalue weighted by atomic mass is 10.2. The van der Waals surface area contributed by atoms with E-state index < -0.39 is 0 Å². The number of nitrogens with zero attached hydrogens (tertiary/aromatic N) is 3. The molecule has 0 aliphatic rings. The van der Waals surface area contributed by atoms with Crippen molar-refractivity contribution in [2.24, 2.45) is 5.73 Å². The molecule has 2 N–H and O–H groups in total. The Bertz CT molecular complexity index is 357. The maximum Gasteiger partial charge on any atom is 0.0569 e. The normalized spacial score (nSPS) is 12.7. The van der Waals surface area contributed by atoms with Crippen molar-refractivity contribution in [2.75, 3.05) is 37.6 Å². The van der Waals surface area contributed by atoms with Gasteiger partial charge in [-0.2, -0.15) is 0 Å². The van der Waals surface area contributed by atoms with Crippen LogP contribution < -0.4 is 10.6 Å². The molecule has 0 saturated carbocycles. The van der Waals surface area contributed by atoms with Crippen LogP contribution in [0.25, 0.3) is 0 Å². The van der Waals surface area contributed by atoms with Crippen LogP contribution in [0, 0.1) is 0 Å². The molecule has 1 atom stereocenters. The molecule has 0 radical (unpaired) electrons. The van der Waals surface area contributed by atoms with E-state index in [-0.39, 0.29) is 6.04 Å². The monoisotopic (exact) mass is 278 g/mol. The predicted octanol–water partition coefficient (Wildman–Crippen LogP) is 2.66. The molecule has 20 heavy (non-hydrogen) atoms. The minimum Gasteiger partial charge on any atom is -0.371 e. The second-order valence-electron chi connectivity index (χ2n) is 5.19. The third-order valence-electron chi connectivity index (χ3n) is 3.78. The van der Waals surface area contributed by atoms with Gasteiger partial charge in [-0.15, -0.1) is 0 Å². The van der Waals surface area contributed by atoms with Crippen LogP contribution in [0.2, 0.25) is 0 Å². The minimum absolute atomic E-state index is 0.00166. The zero-order valence-electron chi connectivity index (χ0n) is 13.5. The first-order valence-corrected chi connectivity index (χ1v) is 7.81. The second-order valence-corrected chi connectivity index (χ2v) is 5.19. The van der Waals surface area contributed by atoms with Crippen molar-refractivity contribution in [2.45, 2.75) is 40.2 Å². The standard InChI is InChI=1S/C16H30N4/c1-5-19(6-2)11-8-12-20(7-3)15-9-10-16(14(4)17)18-13-15/h9-10,13-14H,5-8,11-12,17H2,1-4H3. The lowest BCUT2D eigenvalue weighted by Crippen LogP contribution is -2.30. The molecule has 0 aliphatic heterocycles. The van der Waals surface area contributed by atoms with Gasteiger partial charge in [0.15, 0.2) is 0 Å². The maximum absolute atomic E-state index is 5.83. The number of aromatic nitrogens is 1. The Labute approximate surface area is 124 Å². The fourth-order valence-corrected chi connectivity index (χ4v) is 2.35. The number of pyridine rings is 1. The summed E-state index contributed by atoms with van der Waals surface area (Å²) in [5.41, 5.74) is 7.98. The molecule has 1 unspecified atom stereocenters. The molecule has 1 aromatic heterocycles. The summed E-state index contributed by atoms with van der Waals surface area (Å²) in [6.07, 6.45) is 3.13. The van der Waals surface area contributed by atoms with Gasteiger partial charge in [0, 0.05) is 19.1 Å². The van der Waals surface area contributed by atoms with Gasteiger partial charge >= 0.3 is 0 Å². The van der Waals surface area contributed by atoms with Crippen LogP contribution in [0.4, 0.5) is 5.69 Å². The highest BCUT2D eigenvalue weighted by Crippen LogP contribution is 2.15. The second kappa shape index (κ2) is 8.93. The van der Waals surface area contributed by atoms with Crippen LogP contribution >= 0.6 is 0 Å². The summed E-state index contributed by atoms with van der Waals surface area (Å²) in [5, 5.41) is 0. The number of rotatable bonds is 9. The summed E-state index contributed by atoms with van der Waals surface area (Å²) in [5.74, 6) is 0. The van der Waals surface area contributed by atoms with Crippen LogP contribution in [-0.4, -0.2) is 42.6 Å². The molecule has 4 heteroatoms. The largest absolute Gasteiger partial charge is 0.371 e. The topological polar surface area (TPSA) is 45.4 Å².